The third kappa shape index (κ3) is 7.10. The molecule has 162 valence electrons. The van der Waals surface area contributed by atoms with Crippen LogP contribution in [0.4, 0.5) is 0 Å². The maximum Gasteiger partial charge on any atom is 0.276 e. The average molecular weight is 413 g/mol. The normalized spacial score (nSPS) is 11.4. The van der Waals surface area contributed by atoms with Gasteiger partial charge in [-0.1, -0.05) is 63.9 Å². The van der Waals surface area contributed by atoms with Crippen molar-refractivity contribution >= 4 is 11.8 Å². The van der Waals surface area contributed by atoms with E-state index in [0.717, 1.165) is 31.2 Å². The minimum atomic E-state index is -0.441. The van der Waals surface area contributed by atoms with Crippen molar-refractivity contribution in [1.29, 1.82) is 0 Å². The van der Waals surface area contributed by atoms with E-state index in [-0.39, 0.29) is 6.61 Å². The van der Waals surface area contributed by atoms with E-state index in [1.807, 2.05) is 30.3 Å². The summed E-state index contributed by atoms with van der Waals surface area (Å²) in [6, 6.07) is 14.7. The second-order valence-electron chi connectivity index (χ2n) is 7.19. The van der Waals surface area contributed by atoms with Crippen LogP contribution in [0.15, 0.2) is 48.5 Å². The van der Waals surface area contributed by atoms with Gasteiger partial charge in [0.1, 0.15) is 11.5 Å². The van der Waals surface area contributed by atoms with E-state index < -0.39 is 11.8 Å². The predicted molar refractivity (Wildman–Crippen MR) is 118 cm³/mol. The van der Waals surface area contributed by atoms with E-state index in [9.17, 15) is 9.59 Å². The van der Waals surface area contributed by atoms with E-state index in [2.05, 4.69) is 31.6 Å². The topological polar surface area (TPSA) is 76.7 Å². The zero-order valence-corrected chi connectivity index (χ0v) is 18.1. The Morgan fingerprint density at radius 1 is 0.900 bits per heavy atom. The zero-order chi connectivity index (χ0) is 21.8. The molecule has 0 bridgehead atoms. The van der Waals surface area contributed by atoms with Gasteiger partial charge in [0.05, 0.1) is 12.2 Å². The molecule has 0 aromatic heterocycles. The summed E-state index contributed by atoms with van der Waals surface area (Å²) in [4.78, 5) is 24.6. The molecule has 0 saturated carbocycles. The van der Waals surface area contributed by atoms with Gasteiger partial charge in [0.2, 0.25) is 0 Å². The van der Waals surface area contributed by atoms with Crippen LogP contribution in [-0.4, -0.2) is 25.0 Å². The first-order chi connectivity index (χ1) is 14.6. The highest BCUT2D eigenvalue weighted by molar-refractivity contribution is 5.97. The van der Waals surface area contributed by atoms with E-state index in [4.69, 9.17) is 9.47 Å². The maximum atomic E-state index is 12.5. The van der Waals surface area contributed by atoms with E-state index in [1.165, 1.54) is 0 Å². The molecule has 6 nitrogen and oxygen atoms in total. The molecular weight excluding hydrogens is 380 g/mol. The van der Waals surface area contributed by atoms with Gasteiger partial charge in [-0.15, -0.1) is 0 Å². The summed E-state index contributed by atoms with van der Waals surface area (Å²) >= 11 is 0. The molecule has 2 N–H and O–H groups in total. The molecular formula is C24H32N2O4. The molecule has 0 aliphatic carbocycles. The SMILES string of the molecule is CCCCCOc1ccccc1C(=O)NNC(=O)COc1ccccc1[C@@H](C)CC. The van der Waals surface area contributed by atoms with Crippen molar-refractivity contribution in [3.8, 4) is 11.5 Å². The largest absolute Gasteiger partial charge is 0.493 e. The molecule has 0 fully saturated rings. The van der Waals surface area contributed by atoms with Gasteiger partial charge in [-0.25, -0.2) is 0 Å². The summed E-state index contributed by atoms with van der Waals surface area (Å²) in [5.41, 5.74) is 6.26. The first kappa shape index (κ1) is 23.3. The Morgan fingerprint density at radius 3 is 2.33 bits per heavy atom. The van der Waals surface area contributed by atoms with Gasteiger partial charge in [-0.05, 0) is 42.5 Å². The lowest BCUT2D eigenvalue weighted by Gasteiger charge is -2.16. The Kier molecular flexibility index (Phi) is 9.71. The third-order valence-electron chi connectivity index (χ3n) is 4.87. The van der Waals surface area contributed by atoms with Gasteiger partial charge >= 0.3 is 0 Å². The summed E-state index contributed by atoms with van der Waals surface area (Å²) in [7, 11) is 0. The number of para-hydroxylation sites is 2. The molecule has 2 rings (SSSR count). The number of amides is 2. The van der Waals surface area contributed by atoms with Crippen LogP contribution in [0.2, 0.25) is 0 Å². The average Bonchev–Trinajstić information content (AvgIpc) is 2.78. The van der Waals surface area contributed by atoms with Gasteiger partial charge in [-0.2, -0.15) is 0 Å². The van der Waals surface area contributed by atoms with Crippen molar-refractivity contribution in [2.45, 2.75) is 52.4 Å². The van der Waals surface area contributed by atoms with Gasteiger partial charge < -0.3 is 9.47 Å². The molecule has 0 saturated heterocycles. The molecule has 0 heterocycles. The van der Waals surface area contributed by atoms with Crippen LogP contribution in [0.1, 0.15) is 68.3 Å². The van der Waals surface area contributed by atoms with Crippen LogP contribution in [0.25, 0.3) is 0 Å². The lowest BCUT2D eigenvalue weighted by Crippen LogP contribution is -2.44. The highest BCUT2D eigenvalue weighted by Crippen LogP contribution is 2.28. The van der Waals surface area contributed by atoms with Gasteiger partial charge in [0.15, 0.2) is 6.61 Å². The number of ether oxygens (including phenoxy) is 2. The molecule has 0 unspecified atom stereocenters. The fourth-order valence-corrected chi connectivity index (χ4v) is 2.93. The maximum absolute atomic E-state index is 12.5. The van der Waals surface area contributed by atoms with E-state index in [1.54, 1.807) is 18.2 Å². The zero-order valence-electron chi connectivity index (χ0n) is 18.1. The second kappa shape index (κ2) is 12.5. The van der Waals surface area contributed by atoms with Gasteiger partial charge in [-0.3, -0.25) is 20.4 Å². The number of hydrogen-bond donors (Lipinski definition) is 2. The van der Waals surface area contributed by atoms with Crippen molar-refractivity contribution in [2.75, 3.05) is 13.2 Å². The number of hydrazine groups is 1. The van der Waals surface area contributed by atoms with Crippen molar-refractivity contribution in [1.82, 2.24) is 10.9 Å². The van der Waals surface area contributed by atoms with Crippen LogP contribution in [0, 0.1) is 0 Å². The fraction of sp³-hybridized carbons (Fsp3) is 0.417. The molecule has 2 aromatic rings. The predicted octanol–water partition coefficient (Wildman–Crippen LogP) is 4.61. The lowest BCUT2D eigenvalue weighted by atomic mass is 9.98. The van der Waals surface area contributed by atoms with Crippen molar-refractivity contribution in [2.24, 2.45) is 0 Å². The van der Waals surface area contributed by atoms with Crippen molar-refractivity contribution in [3.05, 3.63) is 59.7 Å². The van der Waals surface area contributed by atoms with Crippen molar-refractivity contribution in [3.63, 3.8) is 0 Å². The number of carbonyl (C=O) groups is 2. The van der Waals surface area contributed by atoms with Crippen LogP contribution in [-0.2, 0) is 4.79 Å². The van der Waals surface area contributed by atoms with Crippen LogP contribution in [0.3, 0.4) is 0 Å². The molecule has 2 amide bonds. The van der Waals surface area contributed by atoms with Crippen LogP contribution < -0.4 is 20.3 Å². The number of carbonyl (C=O) groups excluding carboxylic acids is 2. The smallest absolute Gasteiger partial charge is 0.276 e. The Hall–Kier alpha value is -3.02. The Labute approximate surface area is 178 Å². The second-order valence-corrected chi connectivity index (χ2v) is 7.19. The van der Waals surface area contributed by atoms with Gasteiger partial charge in [0, 0.05) is 0 Å². The third-order valence-corrected chi connectivity index (χ3v) is 4.87. The number of nitrogens with one attached hydrogen (secondary N) is 2. The van der Waals surface area contributed by atoms with E-state index >= 15 is 0 Å². The standard InChI is InChI=1S/C24H32N2O4/c1-4-6-11-16-29-22-15-10-8-13-20(22)24(28)26-25-23(27)17-30-21-14-9-7-12-19(21)18(3)5-2/h7-10,12-15,18H,4-6,11,16-17H2,1-3H3,(H,25,27)(H,26,28)/t18-/m0/s1. The molecule has 1 atom stereocenters. The summed E-state index contributed by atoms with van der Waals surface area (Å²) in [6.07, 6.45) is 4.08. The number of unbranched alkanes of at least 4 members (excludes halogenated alkanes) is 2. The first-order valence-electron chi connectivity index (χ1n) is 10.6. The van der Waals surface area contributed by atoms with Crippen molar-refractivity contribution < 1.29 is 19.1 Å². The lowest BCUT2D eigenvalue weighted by molar-refractivity contribution is -0.123. The summed E-state index contributed by atoms with van der Waals surface area (Å²) in [5.74, 6) is 0.633. The molecule has 0 aliphatic rings. The number of hydrogen-bond acceptors (Lipinski definition) is 4. The summed E-state index contributed by atoms with van der Waals surface area (Å²) < 4.78 is 11.4. The highest BCUT2D eigenvalue weighted by atomic mass is 16.5. The molecule has 30 heavy (non-hydrogen) atoms. The number of rotatable bonds is 11. The van der Waals surface area contributed by atoms with Gasteiger partial charge in [0.25, 0.3) is 11.8 Å². The Morgan fingerprint density at radius 2 is 1.60 bits per heavy atom. The first-order valence-corrected chi connectivity index (χ1v) is 10.6. The molecule has 6 heteroatoms. The molecule has 2 aromatic carbocycles. The Bertz CT molecular complexity index is 822. The number of benzene rings is 2. The van der Waals surface area contributed by atoms with Crippen LogP contribution in [0.5, 0.6) is 11.5 Å². The Balaban J connectivity index is 1.86. The highest BCUT2D eigenvalue weighted by Gasteiger charge is 2.14. The molecule has 0 spiro atoms. The van der Waals surface area contributed by atoms with Crippen LogP contribution >= 0.6 is 0 Å². The summed E-state index contributed by atoms with van der Waals surface area (Å²) in [5, 5.41) is 0. The minimum Gasteiger partial charge on any atom is -0.493 e. The summed E-state index contributed by atoms with van der Waals surface area (Å²) in [6.45, 7) is 6.70. The monoisotopic (exact) mass is 412 g/mol. The minimum absolute atomic E-state index is 0.192. The molecule has 0 aliphatic heterocycles. The fourth-order valence-electron chi connectivity index (χ4n) is 2.93. The quantitative estimate of drug-likeness (QED) is 0.417. The van der Waals surface area contributed by atoms with E-state index in [0.29, 0.717) is 29.6 Å². The molecule has 0 radical (unpaired) electrons.